The summed E-state index contributed by atoms with van der Waals surface area (Å²) in [6, 6.07) is 24.7. The van der Waals surface area contributed by atoms with Crippen LogP contribution < -0.4 is 4.90 Å². The minimum Gasteiger partial charge on any atom is -0.280 e. The van der Waals surface area contributed by atoms with Gasteiger partial charge in [0, 0.05) is 23.3 Å². The van der Waals surface area contributed by atoms with E-state index in [1.807, 2.05) is 32.0 Å². The molecule has 0 spiro atoms. The summed E-state index contributed by atoms with van der Waals surface area (Å²) >= 11 is 0. The second kappa shape index (κ2) is 11.3. The molecule has 2 heterocycles. The maximum absolute atomic E-state index is 14.5. The monoisotopic (exact) mass is 692 g/mol. The summed E-state index contributed by atoms with van der Waals surface area (Å²) in [7, 11) is 0. The number of aromatic nitrogens is 2. The Morgan fingerprint density at radius 1 is 0.632 bits per heavy atom. The normalized spacial score (nSPS) is 10.7. The van der Waals surface area contributed by atoms with Gasteiger partial charge in [0.15, 0.2) is 0 Å². The molecule has 0 saturated heterocycles. The van der Waals surface area contributed by atoms with Crippen molar-refractivity contribution in [1.29, 1.82) is 0 Å². The van der Waals surface area contributed by atoms with Crippen molar-refractivity contribution in [2.24, 2.45) is 0 Å². The van der Waals surface area contributed by atoms with Gasteiger partial charge in [-0.2, -0.15) is 0 Å². The molecule has 0 unspecified atom stereocenters. The first-order valence-corrected chi connectivity index (χ1v) is 11.4. The van der Waals surface area contributed by atoms with Crippen molar-refractivity contribution < 1.29 is 38.6 Å². The van der Waals surface area contributed by atoms with Crippen LogP contribution in [0.25, 0.3) is 22.5 Å². The number of halogens is 4. The van der Waals surface area contributed by atoms with Gasteiger partial charge in [-0.15, -0.1) is 24.3 Å². The Morgan fingerprint density at radius 2 is 1.05 bits per heavy atom. The van der Waals surface area contributed by atoms with Crippen LogP contribution in [-0.2, 0) is 21.1 Å². The molecular weight excluding hydrogens is 673 g/mol. The average molecular weight is 693 g/mol. The fourth-order valence-corrected chi connectivity index (χ4v) is 4.16. The molecule has 2 aromatic heterocycles. The third-order valence-corrected chi connectivity index (χ3v) is 5.82. The number of nitrogens with zero attached hydrogens (tertiary/aromatic N) is 3. The van der Waals surface area contributed by atoms with Crippen molar-refractivity contribution in [3.8, 4) is 22.5 Å². The maximum Gasteiger partial charge on any atom is 2.00 e. The Balaban J connectivity index is 0.00000336. The summed E-state index contributed by atoms with van der Waals surface area (Å²) < 4.78 is 56.0. The Morgan fingerprint density at radius 3 is 1.47 bits per heavy atom. The predicted octanol–water partition coefficient (Wildman–Crippen LogP) is 8.05. The molecule has 3 aromatic carbocycles. The maximum atomic E-state index is 14.5. The summed E-state index contributed by atoms with van der Waals surface area (Å²) in [6.45, 7) is 3.87. The van der Waals surface area contributed by atoms with Crippen molar-refractivity contribution in [2.75, 3.05) is 4.90 Å². The van der Waals surface area contributed by atoms with Crippen LogP contribution in [0.1, 0.15) is 11.1 Å². The second-order valence-corrected chi connectivity index (χ2v) is 8.42. The first kappa shape index (κ1) is 27.2. The minimum atomic E-state index is -0.786. The van der Waals surface area contributed by atoms with Gasteiger partial charge < -0.3 is 0 Å². The van der Waals surface area contributed by atoms with E-state index in [9.17, 15) is 17.6 Å². The molecular formula is C30H19F4N3Pt. The molecule has 0 aliphatic carbocycles. The number of rotatable bonds is 5. The minimum absolute atomic E-state index is 0. The van der Waals surface area contributed by atoms with Crippen LogP contribution in [0.15, 0.2) is 78.9 Å². The fourth-order valence-electron chi connectivity index (χ4n) is 4.16. The Hall–Kier alpha value is -3.83. The van der Waals surface area contributed by atoms with Crippen molar-refractivity contribution in [2.45, 2.75) is 13.8 Å². The van der Waals surface area contributed by atoms with Gasteiger partial charge in [0.1, 0.15) is 11.6 Å². The van der Waals surface area contributed by atoms with Crippen molar-refractivity contribution in [3.05, 3.63) is 125 Å². The summed E-state index contributed by atoms with van der Waals surface area (Å²) in [6.07, 6.45) is 0. The number of benzene rings is 3. The van der Waals surface area contributed by atoms with Gasteiger partial charge >= 0.3 is 21.1 Å². The molecule has 0 N–H and O–H groups in total. The molecule has 0 aliphatic heterocycles. The van der Waals surface area contributed by atoms with Gasteiger partial charge in [0.2, 0.25) is 0 Å². The number of hydrogen-bond acceptors (Lipinski definition) is 3. The summed E-state index contributed by atoms with van der Waals surface area (Å²) in [5.41, 5.74) is 3.16. The van der Waals surface area contributed by atoms with Gasteiger partial charge in [0.05, 0.1) is 5.69 Å². The standard InChI is InChI=1S/C30H19F4N3.Pt/c1-18-6-3-7-19(2)30(18)37(28-10-4-8-26(35-28)22-14-12-20(31)16-24(22)33)29-11-5-9-27(36-29)23-15-13-21(32)17-25(23)34;/h3-13,16-17H,1-2H3;/q-2;+2. The zero-order valence-corrected chi connectivity index (χ0v) is 22.4. The van der Waals surface area contributed by atoms with Crippen LogP contribution in [0.5, 0.6) is 0 Å². The van der Waals surface area contributed by atoms with Gasteiger partial charge in [-0.1, -0.05) is 65.7 Å². The van der Waals surface area contributed by atoms with Crippen LogP contribution in [0, 0.1) is 49.2 Å². The molecule has 0 radical (unpaired) electrons. The topological polar surface area (TPSA) is 29.0 Å². The molecule has 0 fully saturated rings. The molecule has 3 nitrogen and oxygen atoms in total. The van der Waals surface area contributed by atoms with Crippen molar-refractivity contribution in [3.63, 3.8) is 0 Å². The van der Waals surface area contributed by atoms with E-state index in [4.69, 9.17) is 0 Å². The smallest absolute Gasteiger partial charge is 0.280 e. The number of aryl methyl sites for hydroxylation is 2. The van der Waals surface area contributed by atoms with E-state index in [2.05, 4.69) is 22.1 Å². The Kier molecular flexibility index (Phi) is 8.07. The number of pyridine rings is 2. The quantitative estimate of drug-likeness (QED) is 0.138. The zero-order chi connectivity index (χ0) is 26.1. The van der Waals surface area contributed by atoms with Crippen LogP contribution in [0.2, 0.25) is 0 Å². The third-order valence-electron chi connectivity index (χ3n) is 5.82. The molecule has 38 heavy (non-hydrogen) atoms. The van der Waals surface area contributed by atoms with Crippen LogP contribution in [0.4, 0.5) is 34.9 Å². The molecule has 0 saturated carbocycles. The van der Waals surface area contributed by atoms with Crippen LogP contribution in [0.3, 0.4) is 0 Å². The number of hydrogen-bond donors (Lipinski definition) is 0. The van der Waals surface area contributed by atoms with Gasteiger partial charge in [-0.05, 0) is 48.5 Å². The average Bonchev–Trinajstić information content (AvgIpc) is 2.86. The van der Waals surface area contributed by atoms with E-state index in [1.165, 1.54) is 0 Å². The van der Waals surface area contributed by atoms with Gasteiger partial charge in [-0.25, -0.2) is 0 Å². The first-order valence-electron chi connectivity index (χ1n) is 11.4. The molecule has 0 bridgehead atoms. The largest absolute Gasteiger partial charge is 2.00 e. The van der Waals surface area contributed by atoms with E-state index < -0.39 is 23.3 Å². The fraction of sp³-hybridized carbons (Fsp3) is 0.0667. The van der Waals surface area contributed by atoms with Crippen molar-refractivity contribution >= 4 is 17.3 Å². The number of anilines is 3. The SMILES string of the molecule is Cc1cccc(C)c1N(c1cccc(-c2[c-]cc(F)cc2F)n1)c1cccc(-c2[c-]cc(F)cc2F)n1.[Pt+2]. The molecule has 8 heteroatoms. The molecule has 5 aromatic rings. The van der Waals surface area contributed by atoms with E-state index in [0.29, 0.717) is 11.6 Å². The third kappa shape index (κ3) is 5.39. The molecule has 5 rings (SSSR count). The van der Waals surface area contributed by atoms with E-state index >= 15 is 0 Å². The zero-order valence-electron chi connectivity index (χ0n) is 20.2. The Labute approximate surface area is 232 Å². The van der Waals surface area contributed by atoms with Crippen molar-refractivity contribution in [1.82, 2.24) is 9.97 Å². The van der Waals surface area contributed by atoms with Crippen LogP contribution in [-0.4, -0.2) is 9.97 Å². The molecule has 0 aliphatic rings. The van der Waals surface area contributed by atoms with E-state index in [1.54, 1.807) is 41.3 Å². The number of para-hydroxylation sites is 1. The van der Waals surface area contributed by atoms with E-state index in [0.717, 1.165) is 41.1 Å². The Bertz CT molecular complexity index is 1510. The first-order chi connectivity index (χ1) is 17.8. The summed E-state index contributed by atoms with van der Waals surface area (Å²) in [5, 5.41) is 0. The van der Waals surface area contributed by atoms with Gasteiger partial charge in [0.25, 0.3) is 0 Å². The molecule has 192 valence electrons. The van der Waals surface area contributed by atoms with E-state index in [-0.39, 0.29) is 43.6 Å². The molecule has 0 atom stereocenters. The predicted molar refractivity (Wildman–Crippen MR) is 135 cm³/mol. The second-order valence-electron chi connectivity index (χ2n) is 8.42. The van der Waals surface area contributed by atoms with Crippen LogP contribution >= 0.6 is 0 Å². The summed E-state index contributed by atoms with van der Waals surface area (Å²) in [5.74, 6) is -2.24. The molecule has 0 amide bonds. The summed E-state index contributed by atoms with van der Waals surface area (Å²) in [4.78, 5) is 11.1. The van der Waals surface area contributed by atoms with Gasteiger partial charge in [-0.3, -0.25) is 32.4 Å².